The van der Waals surface area contributed by atoms with Crippen LogP contribution in [0.2, 0.25) is 5.02 Å². The predicted octanol–water partition coefficient (Wildman–Crippen LogP) is 4.90. The van der Waals surface area contributed by atoms with Crippen molar-refractivity contribution in [3.05, 3.63) is 70.6 Å². The standard InChI is InChI=1S/C17H15ClN2O2S/c1-12-5-4-7-14(9-12)21-10-16-19-20-17(22-16)23-11-13-6-2-3-8-15(13)18/h2-9H,10-11H2,1H3. The van der Waals surface area contributed by atoms with E-state index in [0.717, 1.165) is 21.9 Å². The third-order valence-electron chi connectivity index (χ3n) is 3.11. The van der Waals surface area contributed by atoms with Crippen LogP contribution in [-0.4, -0.2) is 10.2 Å². The first-order valence-corrected chi connectivity index (χ1v) is 8.45. The van der Waals surface area contributed by atoms with Gasteiger partial charge in [0, 0.05) is 10.8 Å². The van der Waals surface area contributed by atoms with Crippen LogP contribution in [0.5, 0.6) is 5.75 Å². The number of hydrogen-bond donors (Lipinski definition) is 0. The molecule has 4 nitrogen and oxygen atoms in total. The summed E-state index contributed by atoms with van der Waals surface area (Å²) in [5.41, 5.74) is 2.18. The lowest BCUT2D eigenvalue weighted by Gasteiger charge is -2.03. The fourth-order valence-corrected chi connectivity index (χ4v) is 3.03. The van der Waals surface area contributed by atoms with Gasteiger partial charge < -0.3 is 9.15 Å². The molecule has 0 atom stereocenters. The van der Waals surface area contributed by atoms with Crippen LogP contribution in [-0.2, 0) is 12.4 Å². The van der Waals surface area contributed by atoms with Gasteiger partial charge in [0.2, 0.25) is 0 Å². The minimum absolute atomic E-state index is 0.253. The summed E-state index contributed by atoms with van der Waals surface area (Å²) >= 11 is 7.58. The predicted molar refractivity (Wildman–Crippen MR) is 90.8 cm³/mol. The molecular weight excluding hydrogens is 332 g/mol. The van der Waals surface area contributed by atoms with Crippen LogP contribution in [0.1, 0.15) is 17.0 Å². The topological polar surface area (TPSA) is 48.2 Å². The van der Waals surface area contributed by atoms with E-state index in [4.69, 9.17) is 20.8 Å². The molecule has 0 spiro atoms. The highest BCUT2D eigenvalue weighted by molar-refractivity contribution is 7.98. The van der Waals surface area contributed by atoms with Crippen molar-refractivity contribution in [1.82, 2.24) is 10.2 Å². The molecule has 118 valence electrons. The second-order valence-electron chi connectivity index (χ2n) is 4.95. The van der Waals surface area contributed by atoms with Gasteiger partial charge in [-0.05, 0) is 36.2 Å². The third kappa shape index (κ3) is 4.50. The van der Waals surface area contributed by atoms with Gasteiger partial charge in [0.25, 0.3) is 11.1 Å². The van der Waals surface area contributed by atoms with Crippen LogP contribution in [0.3, 0.4) is 0 Å². The van der Waals surface area contributed by atoms with Crippen molar-refractivity contribution in [2.45, 2.75) is 24.5 Å². The maximum absolute atomic E-state index is 6.13. The first-order valence-electron chi connectivity index (χ1n) is 7.09. The van der Waals surface area contributed by atoms with Crippen molar-refractivity contribution < 1.29 is 9.15 Å². The number of benzene rings is 2. The number of hydrogen-bond acceptors (Lipinski definition) is 5. The molecule has 0 amide bonds. The molecular formula is C17H15ClN2O2S. The largest absolute Gasteiger partial charge is 0.484 e. The van der Waals surface area contributed by atoms with E-state index in [1.54, 1.807) is 0 Å². The Balaban J connectivity index is 1.55. The van der Waals surface area contributed by atoms with Gasteiger partial charge in [0.05, 0.1) is 0 Å². The van der Waals surface area contributed by atoms with E-state index in [9.17, 15) is 0 Å². The lowest BCUT2D eigenvalue weighted by molar-refractivity contribution is 0.252. The first-order chi connectivity index (χ1) is 11.2. The molecule has 3 aromatic rings. The zero-order valence-electron chi connectivity index (χ0n) is 12.5. The summed E-state index contributed by atoms with van der Waals surface area (Å²) in [5, 5.41) is 9.25. The van der Waals surface area contributed by atoms with E-state index >= 15 is 0 Å². The van der Waals surface area contributed by atoms with Crippen molar-refractivity contribution in [1.29, 1.82) is 0 Å². The van der Waals surface area contributed by atoms with Gasteiger partial charge in [-0.15, -0.1) is 10.2 Å². The third-order valence-corrected chi connectivity index (χ3v) is 4.35. The van der Waals surface area contributed by atoms with Crippen LogP contribution < -0.4 is 4.74 Å². The van der Waals surface area contributed by atoms with E-state index in [-0.39, 0.29) is 6.61 Å². The molecule has 2 aromatic carbocycles. The van der Waals surface area contributed by atoms with Crippen LogP contribution in [0.4, 0.5) is 0 Å². The Morgan fingerprint density at radius 3 is 2.83 bits per heavy atom. The van der Waals surface area contributed by atoms with Gasteiger partial charge in [-0.3, -0.25) is 0 Å². The Morgan fingerprint density at radius 1 is 1.13 bits per heavy atom. The Labute approximate surface area is 143 Å². The quantitative estimate of drug-likeness (QED) is 0.594. The Morgan fingerprint density at radius 2 is 2.00 bits per heavy atom. The monoisotopic (exact) mass is 346 g/mol. The molecule has 1 aromatic heterocycles. The van der Waals surface area contributed by atoms with Gasteiger partial charge in [0.15, 0.2) is 6.61 Å². The summed E-state index contributed by atoms with van der Waals surface area (Å²) in [7, 11) is 0. The summed E-state index contributed by atoms with van der Waals surface area (Å²) in [5.74, 6) is 1.92. The molecule has 0 unspecified atom stereocenters. The highest BCUT2D eigenvalue weighted by atomic mass is 35.5. The average molecular weight is 347 g/mol. The molecule has 0 bridgehead atoms. The normalized spacial score (nSPS) is 10.7. The number of ether oxygens (including phenoxy) is 1. The molecule has 0 radical (unpaired) electrons. The van der Waals surface area contributed by atoms with Gasteiger partial charge in [-0.25, -0.2) is 0 Å². The molecule has 0 saturated carbocycles. The van der Waals surface area contributed by atoms with Crippen molar-refractivity contribution >= 4 is 23.4 Å². The van der Waals surface area contributed by atoms with Crippen molar-refractivity contribution in [3.8, 4) is 5.75 Å². The number of aryl methyl sites for hydroxylation is 1. The van der Waals surface area contributed by atoms with Crippen molar-refractivity contribution in [2.24, 2.45) is 0 Å². The number of thioether (sulfide) groups is 1. The van der Waals surface area contributed by atoms with Gasteiger partial charge in [-0.1, -0.05) is 53.7 Å². The summed E-state index contributed by atoms with van der Waals surface area (Å²) in [6.45, 7) is 2.27. The first kappa shape index (κ1) is 15.9. The molecule has 0 aliphatic heterocycles. The Bertz CT molecular complexity index is 792. The molecule has 23 heavy (non-hydrogen) atoms. The van der Waals surface area contributed by atoms with Crippen LogP contribution in [0.15, 0.2) is 58.2 Å². The number of halogens is 1. The van der Waals surface area contributed by atoms with E-state index in [2.05, 4.69) is 10.2 Å². The van der Waals surface area contributed by atoms with E-state index < -0.39 is 0 Å². The highest BCUT2D eigenvalue weighted by Crippen LogP contribution is 2.26. The zero-order chi connectivity index (χ0) is 16.1. The molecule has 0 N–H and O–H groups in total. The fourth-order valence-electron chi connectivity index (χ4n) is 1.96. The number of aromatic nitrogens is 2. The maximum Gasteiger partial charge on any atom is 0.277 e. The highest BCUT2D eigenvalue weighted by Gasteiger charge is 2.09. The van der Waals surface area contributed by atoms with Crippen molar-refractivity contribution in [2.75, 3.05) is 0 Å². The summed E-state index contributed by atoms with van der Waals surface area (Å²) in [4.78, 5) is 0. The summed E-state index contributed by atoms with van der Waals surface area (Å²) in [6.07, 6.45) is 0. The Hall–Kier alpha value is -1.98. The van der Waals surface area contributed by atoms with Crippen molar-refractivity contribution in [3.63, 3.8) is 0 Å². The van der Waals surface area contributed by atoms with E-state index in [1.807, 2.05) is 55.5 Å². The lowest BCUT2D eigenvalue weighted by Crippen LogP contribution is -1.95. The zero-order valence-corrected chi connectivity index (χ0v) is 14.1. The van der Waals surface area contributed by atoms with Crippen LogP contribution in [0.25, 0.3) is 0 Å². The maximum atomic E-state index is 6.13. The molecule has 3 rings (SSSR count). The molecule has 0 aliphatic rings. The number of nitrogens with zero attached hydrogens (tertiary/aromatic N) is 2. The van der Waals surface area contributed by atoms with Crippen LogP contribution in [0, 0.1) is 6.92 Å². The van der Waals surface area contributed by atoms with Gasteiger partial charge >= 0.3 is 0 Å². The molecule has 1 heterocycles. The summed E-state index contributed by atoms with van der Waals surface area (Å²) in [6, 6.07) is 15.5. The van der Waals surface area contributed by atoms with Crippen LogP contribution >= 0.6 is 23.4 Å². The lowest BCUT2D eigenvalue weighted by atomic mass is 10.2. The average Bonchev–Trinajstić information content (AvgIpc) is 3.00. The minimum atomic E-state index is 0.253. The van der Waals surface area contributed by atoms with E-state index in [1.165, 1.54) is 11.8 Å². The second-order valence-corrected chi connectivity index (χ2v) is 6.28. The molecule has 0 saturated heterocycles. The number of rotatable bonds is 6. The molecule has 6 heteroatoms. The Kier molecular flexibility index (Phi) is 5.20. The fraction of sp³-hybridized carbons (Fsp3) is 0.176. The van der Waals surface area contributed by atoms with Gasteiger partial charge in [-0.2, -0.15) is 0 Å². The van der Waals surface area contributed by atoms with E-state index in [0.29, 0.717) is 16.9 Å². The van der Waals surface area contributed by atoms with Gasteiger partial charge in [0.1, 0.15) is 5.75 Å². The smallest absolute Gasteiger partial charge is 0.277 e. The minimum Gasteiger partial charge on any atom is -0.484 e. The SMILES string of the molecule is Cc1cccc(OCc2nnc(SCc3ccccc3Cl)o2)c1. The second kappa shape index (κ2) is 7.53. The molecule has 0 fully saturated rings. The summed E-state index contributed by atoms with van der Waals surface area (Å²) < 4.78 is 11.2. The molecule has 0 aliphatic carbocycles.